The first kappa shape index (κ1) is 19.9. The molecule has 140 valence electrons. The van der Waals surface area contributed by atoms with Gasteiger partial charge in [-0.15, -0.1) is 0 Å². The molecule has 2 aromatic carbocycles. The van der Waals surface area contributed by atoms with Crippen LogP contribution in [0.2, 0.25) is 0 Å². The minimum Gasteiger partial charge on any atom is -0.496 e. The normalized spacial score (nSPS) is 11.2. The van der Waals surface area contributed by atoms with Gasteiger partial charge in [0.05, 0.1) is 12.0 Å². The van der Waals surface area contributed by atoms with Crippen LogP contribution in [-0.2, 0) is 16.4 Å². The van der Waals surface area contributed by atoms with Crippen LogP contribution in [0.3, 0.4) is 0 Å². The Balaban J connectivity index is 2.11. The highest BCUT2D eigenvalue weighted by Crippen LogP contribution is 2.20. The number of carbonyl (C=O) groups is 1. The van der Waals surface area contributed by atoms with Gasteiger partial charge in [-0.1, -0.05) is 23.8 Å². The fourth-order valence-electron chi connectivity index (χ4n) is 2.64. The molecule has 0 aliphatic heterocycles. The van der Waals surface area contributed by atoms with E-state index in [1.807, 2.05) is 25.1 Å². The van der Waals surface area contributed by atoms with E-state index in [0.29, 0.717) is 24.1 Å². The highest BCUT2D eigenvalue weighted by molar-refractivity contribution is 7.89. The number of hydrogen-bond donors (Lipinski definition) is 2. The third-order valence-corrected chi connectivity index (χ3v) is 5.56. The van der Waals surface area contributed by atoms with Crippen molar-refractivity contribution in [2.45, 2.75) is 25.2 Å². The molecule has 0 unspecified atom stereocenters. The Bertz CT molecular complexity index is 908. The SMILES string of the molecule is CNS(=O)(=O)c1ccc(C)c(C(=O)NCCc2cc(C)ccc2OC)c1. The molecule has 0 fully saturated rings. The van der Waals surface area contributed by atoms with Crippen molar-refractivity contribution in [1.82, 2.24) is 10.0 Å². The minimum atomic E-state index is -3.59. The molecule has 0 bridgehead atoms. The van der Waals surface area contributed by atoms with Gasteiger partial charge < -0.3 is 10.1 Å². The summed E-state index contributed by atoms with van der Waals surface area (Å²) in [7, 11) is -0.642. The van der Waals surface area contributed by atoms with Crippen molar-refractivity contribution in [1.29, 1.82) is 0 Å². The van der Waals surface area contributed by atoms with Crippen molar-refractivity contribution >= 4 is 15.9 Å². The number of amides is 1. The van der Waals surface area contributed by atoms with E-state index in [1.165, 1.54) is 19.2 Å². The van der Waals surface area contributed by atoms with Crippen molar-refractivity contribution < 1.29 is 17.9 Å². The molecule has 26 heavy (non-hydrogen) atoms. The summed E-state index contributed by atoms with van der Waals surface area (Å²) >= 11 is 0. The summed E-state index contributed by atoms with van der Waals surface area (Å²) in [4.78, 5) is 12.6. The monoisotopic (exact) mass is 376 g/mol. The van der Waals surface area contributed by atoms with Crippen molar-refractivity contribution in [2.75, 3.05) is 20.7 Å². The molecule has 0 aliphatic carbocycles. The Morgan fingerprint density at radius 3 is 2.50 bits per heavy atom. The van der Waals surface area contributed by atoms with Crippen LogP contribution < -0.4 is 14.8 Å². The summed E-state index contributed by atoms with van der Waals surface area (Å²) in [5, 5.41) is 2.85. The third-order valence-electron chi connectivity index (χ3n) is 4.15. The van der Waals surface area contributed by atoms with Gasteiger partial charge in [0.2, 0.25) is 10.0 Å². The highest BCUT2D eigenvalue weighted by Gasteiger charge is 2.16. The first-order valence-corrected chi connectivity index (χ1v) is 9.72. The Hall–Kier alpha value is -2.38. The lowest BCUT2D eigenvalue weighted by atomic mass is 10.1. The molecule has 7 heteroatoms. The minimum absolute atomic E-state index is 0.0658. The van der Waals surface area contributed by atoms with Gasteiger partial charge in [-0.05, 0) is 56.6 Å². The van der Waals surface area contributed by atoms with Crippen LogP contribution in [-0.4, -0.2) is 35.0 Å². The van der Waals surface area contributed by atoms with Gasteiger partial charge in [0, 0.05) is 12.1 Å². The predicted molar refractivity (Wildman–Crippen MR) is 101 cm³/mol. The van der Waals surface area contributed by atoms with E-state index < -0.39 is 10.0 Å². The van der Waals surface area contributed by atoms with Crippen molar-refractivity contribution in [3.8, 4) is 5.75 Å². The number of carbonyl (C=O) groups excluding carboxylic acids is 1. The number of hydrogen-bond acceptors (Lipinski definition) is 4. The maximum absolute atomic E-state index is 12.5. The fourth-order valence-corrected chi connectivity index (χ4v) is 3.40. The predicted octanol–water partition coefficient (Wildman–Crippen LogP) is 2.19. The van der Waals surface area contributed by atoms with Crippen LogP contribution in [0.4, 0.5) is 0 Å². The summed E-state index contributed by atoms with van der Waals surface area (Å²) in [5.41, 5.74) is 3.19. The van der Waals surface area contributed by atoms with E-state index in [0.717, 1.165) is 16.9 Å². The molecule has 0 spiro atoms. The van der Waals surface area contributed by atoms with Crippen molar-refractivity contribution in [2.24, 2.45) is 0 Å². The van der Waals surface area contributed by atoms with Crippen LogP contribution in [0.5, 0.6) is 5.75 Å². The van der Waals surface area contributed by atoms with Crippen molar-refractivity contribution in [3.05, 3.63) is 58.7 Å². The lowest BCUT2D eigenvalue weighted by molar-refractivity contribution is 0.0953. The molecule has 0 radical (unpaired) electrons. The molecule has 6 nitrogen and oxygen atoms in total. The summed E-state index contributed by atoms with van der Waals surface area (Å²) in [6.07, 6.45) is 0.615. The van der Waals surface area contributed by atoms with Gasteiger partial charge in [-0.25, -0.2) is 13.1 Å². The van der Waals surface area contributed by atoms with Crippen LogP contribution in [0.1, 0.15) is 27.0 Å². The summed E-state index contributed by atoms with van der Waals surface area (Å²) in [5.74, 6) is 0.477. The maximum Gasteiger partial charge on any atom is 0.251 e. The van der Waals surface area contributed by atoms with Gasteiger partial charge in [0.1, 0.15) is 5.75 Å². The number of methoxy groups -OCH3 is 1. The average molecular weight is 376 g/mol. The Morgan fingerprint density at radius 1 is 1.12 bits per heavy atom. The van der Waals surface area contributed by atoms with E-state index in [-0.39, 0.29) is 10.8 Å². The first-order valence-electron chi connectivity index (χ1n) is 8.24. The zero-order valence-electron chi connectivity index (χ0n) is 15.4. The fraction of sp³-hybridized carbons (Fsp3) is 0.316. The number of sulfonamides is 1. The average Bonchev–Trinajstić information content (AvgIpc) is 2.62. The number of ether oxygens (including phenoxy) is 1. The van der Waals surface area contributed by atoms with E-state index in [2.05, 4.69) is 10.0 Å². The van der Waals surface area contributed by atoms with Crippen LogP contribution >= 0.6 is 0 Å². The maximum atomic E-state index is 12.5. The van der Waals surface area contributed by atoms with Gasteiger partial charge in [-0.2, -0.15) is 0 Å². The molecule has 0 aromatic heterocycles. The van der Waals surface area contributed by atoms with Crippen molar-refractivity contribution in [3.63, 3.8) is 0 Å². The number of nitrogens with one attached hydrogen (secondary N) is 2. The Labute approximate surface area is 154 Å². The second kappa shape index (κ2) is 8.33. The Morgan fingerprint density at radius 2 is 1.85 bits per heavy atom. The quantitative estimate of drug-likeness (QED) is 0.776. The standard InChI is InChI=1S/C19H24N2O4S/c1-13-5-8-18(25-4)15(11-13)9-10-21-19(22)17-12-16(7-6-14(17)2)26(23,24)20-3/h5-8,11-12,20H,9-10H2,1-4H3,(H,21,22). The molecule has 0 aliphatic rings. The summed E-state index contributed by atoms with van der Waals surface area (Å²) < 4.78 is 31.5. The number of aryl methyl sites for hydroxylation is 2. The molecule has 2 aromatic rings. The zero-order valence-corrected chi connectivity index (χ0v) is 16.2. The highest BCUT2D eigenvalue weighted by atomic mass is 32.2. The van der Waals surface area contributed by atoms with E-state index in [1.54, 1.807) is 20.1 Å². The molecule has 0 atom stereocenters. The zero-order chi connectivity index (χ0) is 19.3. The van der Waals surface area contributed by atoms with Gasteiger partial charge in [0.15, 0.2) is 0 Å². The van der Waals surface area contributed by atoms with Crippen LogP contribution in [0.25, 0.3) is 0 Å². The first-order chi connectivity index (χ1) is 12.3. The molecule has 0 heterocycles. The lowest BCUT2D eigenvalue weighted by Gasteiger charge is -2.12. The molecular weight excluding hydrogens is 352 g/mol. The summed E-state index contributed by atoms with van der Waals surface area (Å²) in [6.45, 7) is 4.19. The number of rotatable bonds is 7. The van der Waals surface area contributed by atoms with Gasteiger partial charge in [0.25, 0.3) is 5.91 Å². The largest absolute Gasteiger partial charge is 0.496 e. The molecule has 2 rings (SSSR count). The van der Waals surface area contributed by atoms with Crippen LogP contribution in [0, 0.1) is 13.8 Å². The third kappa shape index (κ3) is 4.62. The smallest absolute Gasteiger partial charge is 0.251 e. The van der Waals surface area contributed by atoms with Gasteiger partial charge >= 0.3 is 0 Å². The topological polar surface area (TPSA) is 84.5 Å². The molecule has 2 N–H and O–H groups in total. The summed E-state index contributed by atoms with van der Waals surface area (Å²) in [6, 6.07) is 10.4. The van der Waals surface area contributed by atoms with E-state index in [4.69, 9.17) is 4.74 Å². The van der Waals surface area contributed by atoms with E-state index in [9.17, 15) is 13.2 Å². The second-order valence-electron chi connectivity index (χ2n) is 6.01. The second-order valence-corrected chi connectivity index (χ2v) is 7.89. The molecule has 1 amide bonds. The van der Waals surface area contributed by atoms with E-state index >= 15 is 0 Å². The molecule has 0 saturated carbocycles. The Kier molecular flexibility index (Phi) is 6.39. The lowest BCUT2D eigenvalue weighted by Crippen LogP contribution is -2.27. The molecule has 0 saturated heterocycles. The van der Waals surface area contributed by atoms with Crippen LogP contribution in [0.15, 0.2) is 41.3 Å². The number of benzene rings is 2. The molecular formula is C19H24N2O4S. The van der Waals surface area contributed by atoms with Gasteiger partial charge in [-0.3, -0.25) is 4.79 Å².